The van der Waals surface area contributed by atoms with Gasteiger partial charge >= 0.3 is 0 Å². The number of rotatable bonds is 12. The van der Waals surface area contributed by atoms with Crippen molar-refractivity contribution in [1.29, 1.82) is 0 Å². The predicted octanol–water partition coefficient (Wildman–Crippen LogP) is 4.64. The third-order valence-electron chi connectivity index (χ3n) is 5.23. The second kappa shape index (κ2) is 12.1. The number of ether oxygens (including phenoxy) is 1. The lowest BCUT2D eigenvalue weighted by atomic mass is 9.96. The van der Waals surface area contributed by atoms with E-state index >= 15 is 0 Å². The first-order chi connectivity index (χ1) is 17.8. The number of hydrogen-bond donors (Lipinski definition) is 4. The molecule has 0 fully saturated rings. The first-order valence-electron chi connectivity index (χ1n) is 11.5. The number of halogens is 2. The van der Waals surface area contributed by atoms with Crippen molar-refractivity contribution in [1.82, 2.24) is 10.1 Å². The summed E-state index contributed by atoms with van der Waals surface area (Å²) in [7, 11) is 0. The third kappa shape index (κ3) is 7.57. The van der Waals surface area contributed by atoms with Gasteiger partial charge in [0.1, 0.15) is 29.1 Å². The maximum absolute atomic E-state index is 14.8. The summed E-state index contributed by atoms with van der Waals surface area (Å²) >= 11 is 0.914. The Morgan fingerprint density at radius 3 is 2.55 bits per heavy atom. The van der Waals surface area contributed by atoms with E-state index in [0.29, 0.717) is 24.7 Å². The van der Waals surface area contributed by atoms with Crippen molar-refractivity contribution in [3.63, 3.8) is 0 Å². The first kappa shape index (κ1) is 28.7. The molecular formula is C26H29F2N5O4S. The number of anilines is 1. The Hall–Kier alpha value is -3.87. The van der Waals surface area contributed by atoms with Gasteiger partial charge in [0.05, 0.1) is 23.3 Å². The Morgan fingerprint density at radius 2 is 1.97 bits per heavy atom. The maximum atomic E-state index is 14.8. The largest absolute Gasteiger partial charge is 0.386 e. The second-order valence-electron chi connectivity index (χ2n) is 8.89. The lowest BCUT2D eigenvalue weighted by molar-refractivity contribution is 0.0778. The van der Waals surface area contributed by atoms with Crippen molar-refractivity contribution in [3.8, 4) is 10.4 Å². The molecule has 0 atom stereocenters. The van der Waals surface area contributed by atoms with Crippen molar-refractivity contribution in [2.45, 2.75) is 39.4 Å². The molecule has 0 bridgehead atoms. The molecule has 0 radical (unpaired) electrons. The summed E-state index contributed by atoms with van der Waals surface area (Å²) in [4.78, 5) is 16.2. The van der Waals surface area contributed by atoms with E-state index in [4.69, 9.17) is 20.7 Å². The Balaban J connectivity index is 1.66. The van der Waals surface area contributed by atoms with E-state index in [-0.39, 0.29) is 39.0 Å². The molecular weight excluding hydrogens is 516 g/mol. The van der Waals surface area contributed by atoms with Crippen LogP contribution in [0.15, 0.2) is 58.9 Å². The fraction of sp³-hybridized carbons (Fsp3) is 0.269. The van der Waals surface area contributed by atoms with Gasteiger partial charge in [-0.25, -0.2) is 8.78 Å². The SMILES string of the molecule is C=C(/C=C\C=C(/N)Nc1sc(-c2c(F)cc(C(C)(C)O)cc2F)cc1C(N)=O)CCOCc1noc(C)n1. The molecule has 202 valence electrons. The third-order valence-corrected chi connectivity index (χ3v) is 6.29. The molecule has 9 nitrogen and oxygen atoms in total. The number of primary amides is 1. The van der Waals surface area contributed by atoms with Gasteiger partial charge in [-0.15, -0.1) is 11.3 Å². The fourth-order valence-corrected chi connectivity index (χ4v) is 4.39. The molecule has 3 rings (SSSR count). The number of carbonyl (C=O) groups excluding carboxylic acids is 1. The number of allylic oxidation sites excluding steroid dienone is 3. The van der Waals surface area contributed by atoms with E-state index in [0.717, 1.165) is 29.0 Å². The van der Waals surface area contributed by atoms with Gasteiger partial charge in [0, 0.05) is 11.8 Å². The van der Waals surface area contributed by atoms with Crippen molar-refractivity contribution >= 4 is 22.2 Å². The lowest BCUT2D eigenvalue weighted by Gasteiger charge is -2.18. The van der Waals surface area contributed by atoms with Crippen molar-refractivity contribution < 1.29 is 27.9 Å². The summed E-state index contributed by atoms with van der Waals surface area (Å²) in [6.07, 6.45) is 5.48. The molecule has 0 aliphatic heterocycles. The van der Waals surface area contributed by atoms with Gasteiger partial charge in [-0.05, 0) is 50.1 Å². The number of thiophene rings is 1. The second-order valence-corrected chi connectivity index (χ2v) is 9.94. The minimum atomic E-state index is -1.43. The van der Waals surface area contributed by atoms with Crippen LogP contribution in [0.25, 0.3) is 10.4 Å². The van der Waals surface area contributed by atoms with Crippen molar-refractivity contribution in [2.75, 3.05) is 11.9 Å². The topological polar surface area (TPSA) is 150 Å². The minimum absolute atomic E-state index is 0.0223. The van der Waals surface area contributed by atoms with E-state index in [9.17, 15) is 18.7 Å². The Bertz CT molecular complexity index is 1370. The smallest absolute Gasteiger partial charge is 0.251 e. The van der Waals surface area contributed by atoms with Crippen LogP contribution in [0.3, 0.4) is 0 Å². The van der Waals surface area contributed by atoms with Gasteiger partial charge in [0.2, 0.25) is 5.89 Å². The number of nitrogens with one attached hydrogen (secondary N) is 1. The van der Waals surface area contributed by atoms with Crippen LogP contribution in [-0.4, -0.2) is 27.8 Å². The van der Waals surface area contributed by atoms with Crippen LogP contribution in [0.5, 0.6) is 0 Å². The van der Waals surface area contributed by atoms with Gasteiger partial charge in [0.25, 0.3) is 5.91 Å². The lowest BCUT2D eigenvalue weighted by Crippen LogP contribution is -2.16. The van der Waals surface area contributed by atoms with E-state index in [1.807, 2.05) is 0 Å². The Labute approximate surface area is 222 Å². The zero-order valence-corrected chi connectivity index (χ0v) is 22.0. The van der Waals surface area contributed by atoms with Gasteiger partial charge in [-0.3, -0.25) is 4.79 Å². The Kier molecular flexibility index (Phi) is 9.15. The molecule has 38 heavy (non-hydrogen) atoms. The van der Waals surface area contributed by atoms with Gasteiger partial charge < -0.3 is 31.2 Å². The summed E-state index contributed by atoms with van der Waals surface area (Å²) < 4.78 is 40.0. The highest BCUT2D eigenvalue weighted by Crippen LogP contribution is 2.39. The summed E-state index contributed by atoms with van der Waals surface area (Å²) in [5.41, 5.74) is 10.6. The van der Waals surface area contributed by atoms with E-state index in [2.05, 4.69) is 22.0 Å². The molecule has 0 saturated heterocycles. The number of nitrogens with two attached hydrogens (primary N) is 2. The number of benzene rings is 1. The molecule has 1 aromatic carbocycles. The molecule has 0 saturated carbocycles. The van der Waals surface area contributed by atoms with Gasteiger partial charge in [-0.2, -0.15) is 4.98 Å². The van der Waals surface area contributed by atoms with Gasteiger partial charge in [0.15, 0.2) is 5.82 Å². The number of carbonyl (C=O) groups is 1. The van der Waals surface area contributed by atoms with Crippen molar-refractivity contribution in [2.24, 2.45) is 11.5 Å². The van der Waals surface area contributed by atoms with Crippen LogP contribution in [0.1, 0.15) is 47.9 Å². The number of aliphatic hydroxyl groups is 1. The summed E-state index contributed by atoms with van der Waals surface area (Å²) in [6.45, 7) is 9.11. The molecule has 1 amide bonds. The Morgan fingerprint density at radius 1 is 1.29 bits per heavy atom. The molecule has 2 aromatic heterocycles. The molecule has 3 aromatic rings. The maximum Gasteiger partial charge on any atom is 0.251 e. The molecule has 0 spiro atoms. The first-order valence-corrected chi connectivity index (χ1v) is 12.3. The average Bonchev–Trinajstić information content (AvgIpc) is 3.41. The molecule has 6 N–H and O–H groups in total. The zero-order chi connectivity index (χ0) is 28.0. The number of nitrogens with zero attached hydrogens (tertiary/aromatic N) is 2. The highest BCUT2D eigenvalue weighted by Gasteiger charge is 2.24. The minimum Gasteiger partial charge on any atom is -0.386 e. The molecule has 0 unspecified atom stereocenters. The molecule has 12 heteroatoms. The zero-order valence-electron chi connectivity index (χ0n) is 21.2. The average molecular weight is 546 g/mol. The number of hydrogen-bond acceptors (Lipinski definition) is 9. The van der Waals surface area contributed by atoms with Gasteiger partial charge in [-0.1, -0.05) is 29.5 Å². The summed E-state index contributed by atoms with van der Waals surface area (Å²) in [5.74, 6) is -1.46. The van der Waals surface area contributed by atoms with Crippen LogP contribution in [0, 0.1) is 18.6 Å². The van der Waals surface area contributed by atoms with Crippen LogP contribution in [-0.2, 0) is 16.9 Å². The summed E-state index contributed by atoms with van der Waals surface area (Å²) in [6, 6.07) is 3.40. The van der Waals surface area contributed by atoms with E-state index in [1.54, 1.807) is 19.1 Å². The fourth-order valence-electron chi connectivity index (χ4n) is 3.26. The van der Waals surface area contributed by atoms with E-state index in [1.165, 1.54) is 26.0 Å². The van der Waals surface area contributed by atoms with E-state index < -0.39 is 23.1 Å². The summed E-state index contributed by atoms with van der Waals surface area (Å²) in [5, 5.41) is 16.9. The highest BCUT2D eigenvalue weighted by molar-refractivity contribution is 7.19. The highest BCUT2D eigenvalue weighted by atomic mass is 32.1. The van der Waals surface area contributed by atoms with Crippen LogP contribution in [0.4, 0.5) is 13.8 Å². The van der Waals surface area contributed by atoms with Crippen molar-refractivity contribution in [3.05, 3.63) is 88.9 Å². The monoisotopic (exact) mass is 545 g/mol. The molecule has 2 heterocycles. The number of aryl methyl sites for hydroxylation is 1. The van der Waals surface area contributed by atoms with Crippen LogP contribution < -0.4 is 16.8 Å². The molecule has 0 aliphatic rings. The van der Waals surface area contributed by atoms with Crippen LogP contribution in [0.2, 0.25) is 0 Å². The standard InChI is InChI=1S/C26H29F2N5O4S/c1-14(8-9-36-13-22-31-15(2)37-33-22)6-5-7-21(29)32-25-17(24(30)34)12-20(38-25)23-18(27)10-16(11-19(23)28)26(3,4)35/h5-7,10-12,32,35H,1,8-9,13,29H2,2-4H3,(H2,30,34)/b6-5-,21-7+. The number of aromatic nitrogens is 2. The number of amides is 1. The predicted molar refractivity (Wildman–Crippen MR) is 141 cm³/mol. The normalized spacial score (nSPS) is 12.3. The van der Waals surface area contributed by atoms with Crippen LogP contribution >= 0.6 is 11.3 Å². The molecule has 0 aliphatic carbocycles. The quantitative estimate of drug-likeness (QED) is 0.190.